The van der Waals surface area contributed by atoms with Crippen LogP contribution >= 0.6 is 0 Å². The van der Waals surface area contributed by atoms with Crippen molar-refractivity contribution in [3.05, 3.63) is 47.5 Å². The first-order chi connectivity index (χ1) is 15.3. The average Bonchev–Trinajstić information content (AvgIpc) is 3.30. The molecule has 174 valence electrons. The highest BCUT2D eigenvalue weighted by molar-refractivity contribution is 7.89. The van der Waals surface area contributed by atoms with Crippen molar-refractivity contribution in [3.63, 3.8) is 0 Å². The number of nitrogens with one attached hydrogen (secondary N) is 1. The highest BCUT2D eigenvalue weighted by Gasteiger charge is 2.40. The third-order valence-corrected chi connectivity index (χ3v) is 7.70. The third-order valence-electron chi connectivity index (χ3n) is 5.65. The number of amides is 1. The van der Waals surface area contributed by atoms with E-state index in [2.05, 4.69) is 5.32 Å². The van der Waals surface area contributed by atoms with Crippen molar-refractivity contribution in [3.8, 4) is 17.2 Å². The first-order valence-electron chi connectivity index (χ1n) is 10.5. The Morgan fingerprint density at radius 1 is 1.06 bits per heavy atom. The zero-order valence-electron chi connectivity index (χ0n) is 18.9. The van der Waals surface area contributed by atoms with Gasteiger partial charge < -0.3 is 19.5 Å². The zero-order valence-corrected chi connectivity index (χ0v) is 19.7. The Labute approximate surface area is 189 Å². The highest BCUT2D eigenvalue weighted by atomic mass is 32.2. The van der Waals surface area contributed by atoms with Crippen LogP contribution in [0.2, 0.25) is 0 Å². The largest absolute Gasteiger partial charge is 0.497 e. The fourth-order valence-corrected chi connectivity index (χ4v) is 5.78. The monoisotopic (exact) mass is 462 g/mol. The van der Waals surface area contributed by atoms with E-state index >= 15 is 0 Å². The molecule has 1 amide bonds. The van der Waals surface area contributed by atoms with Crippen molar-refractivity contribution >= 4 is 15.9 Å². The minimum Gasteiger partial charge on any atom is -0.497 e. The van der Waals surface area contributed by atoms with Gasteiger partial charge in [-0.25, -0.2) is 8.42 Å². The van der Waals surface area contributed by atoms with Gasteiger partial charge in [-0.2, -0.15) is 4.31 Å². The molecule has 1 saturated heterocycles. The normalized spacial score (nSPS) is 16.6. The molecule has 9 heteroatoms. The van der Waals surface area contributed by atoms with Gasteiger partial charge in [0.05, 0.1) is 26.2 Å². The van der Waals surface area contributed by atoms with Crippen LogP contribution in [0.5, 0.6) is 17.2 Å². The molecule has 32 heavy (non-hydrogen) atoms. The number of carbonyl (C=O) groups is 1. The molecular formula is C23H30N2O6S. The second-order valence-electron chi connectivity index (χ2n) is 7.64. The predicted octanol–water partition coefficient (Wildman–Crippen LogP) is 2.53. The summed E-state index contributed by atoms with van der Waals surface area (Å²) in [4.78, 5) is 13.0. The topological polar surface area (TPSA) is 94.2 Å². The Bertz CT molecular complexity index is 1070. The molecule has 0 bridgehead atoms. The van der Waals surface area contributed by atoms with Crippen LogP contribution in [-0.4, -0.2) is 59.1 Å². The summed E-state index contributed by atoms with van der Waals surface area (Å²) in [6, 6.07) is 9.80. The molecule has 1 fully saturated rings. The van der Waals surface area contributed by atoms with Crippen LogP contribution in [0.1, 0.15) is 24.0 Å². The SMILES string of the molecule is COc1ccc(C)c(S(=O)(=O)N2CCC[C@@H]2C(=O)NCCc2ccc(OC)c(OC)c2)c1. The Hall–Kier alpha value is -2.78. The molecule has 0 radical (unpaired) electrons. The van der Waals surface area contributed by atoms with Crippen molar-refractivity contribution in [1.29, 1.82) is 0 Å². The van der Waals surface area contributed by atoms with E-state index in [0.717, 1.165) is 5.56 Å². The number of benzene rings is 2. The van der Waals surface area contributed by atoms with E-state index in [0.29, 0.717) is 55.2 Å². The molecule has 1 heterocycles. The number of aryl methyl sites for hydroxylation is 1. The minimum absolute atomic E-state index is 0.168. The molecule has 0 saturated carbocycles. The molecule has 8 nitrogen and oxygen atoms in total. The summed E-state index contributed by atoms with van der Waals surface area (Å²) in [6.45, 7) is 2.43. The molecule has 0 aliphatic carbocycles. The van der Waals surface area contributed by atoms with E-state index in [4.69, 9.17) is 14.2 Å². The molecule has 0 spiro atoms. The van der Waals surface area contributed by atoms with Crippen LogP contribution in [0, 0.1) is 6.92 Å². The third kappa shape index (κ3) is 4.99. The molecule has 0 unspecified atom stereocenters. The lowest BCUT2D eigenvalue weighted by atomic mass is 10.1. The average molecular weight is 463 g/mol. The lowest BCUT2D eigenvalue weighted by Crippen LogP contribution is -2.46. The Morgan fingerprint density at radius 2 is 1.81 bits per heavy atom. The number of nitrogens with zero attached hydrogens (tertiary/aromatic N) is 1. The number of rotatable bonds is 9. The van der Waals surface area contributed by atoms with E-state index < -0.39 is 16.1 Å². The van der Waals surface area contributed by atoms with E-state index in [1.165, 1.54) is 17.5 Å². The molecule has 0 aromatic heterocycles. The quantitative estimate of drug-likeness (QED) is 0.616. The van der Waals surface area contributed by atoms with Gasteiger partial charge in [-0.1, -0.05) is 12.1 Å². The lowest BCUT2D eigenvalue weighted by molar-refractivity contribution is -0.124. The molecule has 1 atom stereocenters. The number of hydrogen-bond donors (Lipinski definition) is 1. The second kappa shape index (κ2) is 10.2. The summed E-state index contributed by atoms with van der Waals surface area (Å²) in [5, 5.41) is 2.89. The molecule has 1 aliphatic heterocycles. The molecule has 2 aromatic carbocycles. The van der Waals surface area contributed by atoms with Gasteiger partial charge in [0.2, 0.25) is 15.9 Å². The molecular weight excluding hydrogens is 432 g/mol. The van der Waals surface area contributed by atoms with Crippen LogP contribution in [0.4, 0.5) is 0 Å². The van der Waals surface area contributed by atoms with Gasteiger partial charge in [0, 0.05) is 19.2 Å². The molecule has 1 N–H and O–H groups in total. The maximum absolute atomic E-state index is 13.3. The second-order valence-corrected chi connectivity index (χ2v) is 9.49. The van der Waals surface area contributed by atoms with Gasteiger partial charge >= 0.3 is 0 Å². The van der Waals surface area contributed by atoms with Crippen molar-refractivity contribution in [1.82, 2.24) is 9.62 Å². The van der Waals surface area contributed by atoms with Crippen LogP contribution < -0.4 is 19.5 Å². The van der Waals surface area contributed by atoms with Gasteiger partial charge in [0.15, 0.2) is 11.5 Å². The fraction of sp³-hybridized carbons (Fsp3) is 0.435. The maximum atomic E-state index is 13.3. The number of methoxy groups -OCH3 is 3. The lowest BCUT2D eigenvalue weighted by Gasteiger charge is -2.24. The summed E-state index contributed by atoms with van der Waals surface area (Å²) in [6.07, 6.45) is 1.71. The first-order valence-corrected chi connectivity index (χ1v) is 11.9. The molecule has 1 aliphatic rings. The Balaban J connectivity index is 1.68. The highest BCUT2D eigenvalue weighted by Crippen LogP contribution is 2.30. The maximum Gasteiger partial charge on any atom is 0.244 e. The van der Waals surface area contributed by atoms with Gasteiger partial charge in [0.25, 0.3) is 0 Å². The summed E-state index contributed by atoms with van der Waals surface area (Å²) >= 11 is 0. The van der Waals surface area contributed by atoms with E-state index in [1.807, 2.05) is 18.2 Å². The summed E-state index contributed by atoms with van der Waals surface area (Å²) < 4.78 is 43.7. The Kier molecular flexibility index (Phi) is 7.63. The van der Waals surface area contributed by atoms with Gasteiger partial charge in [-0.3, -0.25) is 4.79 Å². The van der Waals surface area contributed by atoms with Gasteiger partial charge in [-0.05, 0) is 55.5 Å². The van der Waals surface area contributed by atoms with E-state index in [1.54, 1.807) is 33.3 Å². The Morgan fingerprint density at radius 3 is 2.50 bits per heavy atom. The van der Waals surface area contributed by atoms with Crippen molar-refractivity contribution in [2.45, 2.75) is 37.1 Å². The van der Waals surface area contributed by atoms with Crippen molar-refractivity contribution < 1.29 is 27.4 Å². The van der Waals surface area contributed by atoms with Crippen LogP contribution in [0.15, 0.2) is 41.3 Å². The number of hydrogen-bond acceptors (Lipinski definition) is 6. The van der Waals surface area contributed by atoms with E-state index in [-0.39, 0.29) is 10.8 Å². The number of sulfonamides is 1. The minimum atomic E-state index is -3.83. The van der Waals surface area contributed by atoms with E-state index in [9.17, 15) is 13.2 Å². The van der Waals surface area contributed by atoms with Crippen LogP contribution in [0.3, 0.4) is 0 Å². The van der Waals surface area contributed by atoms with Gasteiger partial charge in [-0.15, -0.1) is 0 Å². The zero-order chi connectivity index (χ0) is 23.3. The molecule has 3 rings (SSSR count). The smallest absolute Gasteiger partial charge is 0.244 e. The number of ether oxygens (including phenoxy) is 3. The standard InChI is InChI=1S/C23H30N2O6S/c1-16-7-9-18(29-2)15-22(16)32(27,28)25-13-5-6-19(25)23(26)24-12-11-17-8-10-20(30-3)21(14-17)31-4/h7-10,14-15,19H,5-6,11-13H2,1-4H3,(H,24,26)/t19-/m1/s1. The first kappa shape index (κ1) is 23.9. The van der Waals surface area contributed by atoms with Crippen LogP contribution in [0.25, 0.3) is 0 Å². The van der Waals surface area contributed by atoms with Crippen molar-refractivity contribution in [2.24, 2.45) is 0 Å². The summed E-state index contributed by atoms with van der Waals surface area (Å²) in [5.74, 6) is 1.44. The molecule has 2 aromatic rings. The summed E-state index contributed by atoms with van der Waals surface area (Å²) in [5.41, 5.74) is 1.59. The fourth-order valence-electron chi connectivity index (χ4n) is 3.89. The summed E-state index contributed by atoms with van der Waals surface area (Å²) in [7, 11) is 0.811. The number of carbonyl (C=O) groups excluding carboxylic acids is 1. The van der Waals surface area contributed by atoms with Gasteiger partial charge in [0.1, 0.15) is 11.8 Å². The predicted molar refractivity (Wildman–Crippen MR) is 121 cm³/mol. The van der Waals surface area contributed by atoms with Crippen LogP contribution in [-0.2, 0) is 21.2 Å². The van der Waals surface area contributed by atoms with Crippen molar-refractivity contribution in [2.75, 3.05) is 34.4 Å².